The summed E-state index contributed by atoms with van der Waals surface area (Å²) < 4.78 is 5.34. The monoisotopic (exact) mass is 378 g/mol. The van der Waals surface area contributed by atoms with Crippen LogP contribution in [-0.2, 0) is 16.1 Å². The van der Waals surface area contributed by atoms with Crippen molar-refractivity contribution in [3.63, 3.8) is 0 Å². The molecule has 7 nitrogen and oxygen atoms in total. The highest BCUT2D eigenvalue weighted by Crippen LogP contribution is 2.12. The van der Waals surface area contributed by atoms with Crippen LogP contribution in [0.5, 0.6) is 0 Å². The number of aromatic nitrogens is 3. The van der Waals surface area contributed by atoms with E-state index < -0.39 is 12.1 Å². The van der Waals surface area contributed by atoms with Gasteiger partial charge >= 0.3 is 5.97 Å². The van der Waals surface area contributed by atoms with Crippen molar-refractivity contribution in [2.24, 2.45) is 0 Å². The van der Waals surface area contributed by atoms with Crippen LogP contribution in [0, 0.1) is 6.92 Å². The molecule has 1 aromatic heterocycles. The van der Waals surface area contributed by atoms with Crippen molar-refractivity contribution in [2.45, 2.75) is 26.5 Å². The van der Waals surface area contributed by atoms with E-state index in [1.54, 1.807) is 20.9 Å². The molecule has 0 saturated carbocycles. The minimum atomic E-state index is -0.928. The Morgan fingerprint density at radius 3 is 2.29 bits per heavy atom. The Morgan fingerprint density at radius 1 is 1.04 bits per heavy atom. The van der Waals surface area contributed by atoms with Gasteiger partial charge in [0.1, 0.15) is 0 Å². The molecule has 1 atom stereocenters. The van der Waals surface area contributed by atoms with E-state index in [1.807, 2.05) is 60.7 Å². The van der Waals surface area contributed by atoms with Crippen LogP contribution >= 0.6 is 0 Å². The summed E-state index contributed by atoms with van der Waals surface area (Å²) in [6, 6.07) is 18.9. The van der Waals surface area contributed by atoms with E-state index in [2.05, 4.69) is 10.2 Å². The van der Waals surface area contributed by atoms with Gasteiger partial charge in [-0.1, -0.05) is 48.5 Å². The van der Waals surface area contributed by atoms with E-state index in [9.17, 15) is 9.59 Å². The normalized spacial score (nSPS) is 11.7. The number of likely N-dealkylation sites (N-methyl/N-ethyl adjacent to an activating group) is 1. The molecule has 0 spiro atoms. The molecule has 0 bridgehead atoms. The van der Waals surface area contributed by atoms with Gasteiger partial charge in [0.15, 0.2) is 11.8 Å². The Balaban J connectivity index is 1.65. The zero-order valence-corrected chi connectivity index (χ0v) is 16.1. The second-order valence-electron chi connectivity index (χ2n) is 6.49. The second-order valence-corrected chi connectivity index (χ2v) is 6.49. The zero-order chi connectivity index (χ0) is 20.1. The Bertz CT molecular complexity index is 954. The summed E-state index contributed by atoms with van der Waals surface area (Å²) >= 11 is 0. The van der Waals surface area contributed by atoms with E-state index in [-0.39, 0.29) is 11.6 Å². The maximum Gasteiger partial charge on any atom is 0.361 e. The summed E-state index contributed by atoms with van der Waals surface area (Å²) in [6.07, 6.45) is -0.928. The second kappa shape index (κ2) is 8.47. The summed E-state index contributed by atoms with van der Waals surface area (Å²) in [5.74, 6) is -0.959. The van der Waals surface area contributed by atoms with Crippen LogP contribution in [0.1, 0.15) is 28.7 Å². The average Bonchev–Trinajstić information content (AvgIpc) is 3.10. The average molecular weight is 378 g/mol. The summed E-state index contributed by atoms with van der Waals surface area (Å²) in [6.45, 7) is 3.67. The van der Waals surface area contributed by atoms with Crippen LogP contribution in [0.2, 0.25) is 0 Å². The van der Waals surface area contributed by atoms with Crippen molar-refractivity contribution in [3.8, 4) is 5.69 Å². The number of para-hydroxylation sites is 1. The highest BCUT2D eigenvalue weighted by atomic mass is 16.5. The summed E-state index contributed by atoms with van der Waals surface area (Å²) in [5, 5.41) is 8.47. The standard InChI is InChI=1S/C21H22N4O3/c1-15-19(23-25(22-15)18-12-8-5-9-13-18)21(27)28-16(2)20(26)24(3)14-17-10-6-4-7-11-17/h4-13,16H,14H2,1-3H3/t16-/m1/s1. The fourth-order valence-electron chi connectivity index (χ4n) is 2.76. The number of hydrogen-bond acceptors (Lipinski definition) is 5. The molecule has 3 aromatic rings. The lowest BCUT2D eigenvalue weighted by Gasteiger charge is -2.21. The van der Waals surface area contributed by atoms with Crippen molar-refractivity contribution in [2.75, 3.05) is 7.05 Å². The Hall–Kier alpha value is -3.48. The van der Waals surface area contributed by atoms with Gasteiger partial charge in [0.25, 0.3) is 5.91 Å². The lowest BCUT2D eigenvalue weighted by Crippen LogP contribution is -2.37. The number of carbonyl (C=O) groups is 2. The predicted molar refractivity (Wildman–Crippen MR) is 104 cm³/mol. The number of rotatable bonds is 6. The molecule has 0 radical (unpaired) electrons. The third-order valence-corrected chi connectivity index (χ3v) is 4.23. The highest BCUT2D eigenvalue weighted by Gasteiger charge is 2.25. The number of aryl methyl sites for hydroxylation is 1. The first-order valence-electron chi connectivity index (χ1n) is 8.95. The molecular weight excluding hydrogens is 356 g/mol. The molecule has 7 heteroatoms. The van der Waals surface area contributed by atoms with Crippen LogP contribution in [0.4, 0.5) is 0 Å². The predicted octanol–water partition coefficient (Wildman–Crippen LogP) is 2.78. The topological polar surface area (TPSA) is 77.3 Å². The van der Waals surface area contributed by atoms with Crippen molar-refractivity contribution in [1.82, 2.24) is 19.9 Å². The van der Waals surface area contributed by atoms with Gasteiger partial charge in [0.2, 0.25) is 0 Å². The molecule has 0 unspecified atom stereocenters. The number of ether oxygens (including phenoxy) is 1. The lowest BCUT2D eigenvalue weighted by atomic mass is 10.2. The van der Waals surface area contributed by atoms with Crippen molar-refractivity contribution in [3.05, 3.63) is 77.6 Å². The molecule has 28 heavy (non-hydrogen) atoms. The molecule has 0 aliphatic rings. The first-order valence-corrected chi connectivity index (χ1v) is 8.95. The fourth-order valence-corrected chi connectivity index (χ4v) is 2.76. The molecule has 2 aromatic carbocycles. The summed E-state index contributed by atoms with van der Waals surface area (Å²) in [7, 11) is 1.68. The third kappa shape index (κ3) is 4.43. The lowest BCUT2D eigenvalue weighted by molar-refractivity contribution is -0.139. The first-order chi connectivity index (χ1) is 13.5. The SMILES string of the molecule is Cc1nn(-c2ccccc2)nc1C(=O)O[C@H](C)C(=O)N(C)Cc1ccccc1. The molecule has 0 aliphatic heterocycles. The van der Waals surface area contributed by atoms with Gasteiger partial charge in [0.05, 0.1) is 11.4 Å². The number of nitrogens with zero attached hydrogens (tertiary/aromatic N) is 4. The zero-order valence-electron chi connectivity index (χ0n) is 16.1. The molecule has 0 aliphatic carbocycles. The highest BCUT2D eigenvalue weighted by molar-refractivity contribution is 5.91. The van der Waals surface area contributed by atoms with Crippen LogP contribution in [0.3, 0.4) is 0 Å². The molecule has 0 N–H and O–H groups in total. The van der Waals surface area contributed by atoms with Gasteiger partial charge in [-0.15, -0.1) is 5.10 Å². The van der Waals surface area contributed by atoms with E-state index in [0.29, 0.717) is 12.2 Å². The maximum atomic E-state index is 12.5. The Kier molecular flexibility index (Phi) is 5.84. The molecule has 0 fully saturated rings. The van der Waals surface area contributed by atoms with Gasteiger partial charge < -0.3 is 9.64 Å². The van der Waals surface area contributed by atoms with Gasteiger partial charge in [-0.05, 0) is 31.5 Å². The molecular formula is C21H22N4O3. The van der Waals surface area contributed by atoms with E-state index in [1.165, 1.54) is 9.70 Å². The number of esters is 1. The van der Waals surface area contributed by atoms with E-state index >= 15 is 0 Å². The van der Waals surface area contributed by atoms with E-state index in [0.717, 1.165) is 11.3 Å². The van der Waals surface area contributed by atoms with Crippen LogP contribution < -0.4 is 0 Å². The minimum Gasteiger partial charge on any atom is -0.448 e. The van der Waals surface area contributed by atoms with Gasteiger partial charge in [0, 0.05) is 13.6 Å². The van der Waals surface area contributed by atoms with Crippen molar-refractivity contribution in [1.29, 1.82) is 0 Å². The fraction of sp³-hybridized carbons (Fsp3) is 0.238. The van der Waals surface area contributed by atoms with Crippen molar-refractivity contribution < 1.29 is 14.3 Å². The summed E-state index contributed by atoms with van der Waals surface area (Å²) in [4.78, 5) is 27.9. The largest absolute Gasteiger partial charge is 0.448 e. The minimum absolute atomic E-state index is 0.0919. The van der Waals surface area contributed by atoms with E-state index in [4.69, 9.17) is 4.74 Å². The van der Waals surface area contributed by atoms with Crippen molar-refractivity contribution >= 4 is 11.9 Å². The molecule has 144 valence electrons. The quantitative estimate of drug-likeness (QED) is 0.617. The van der Waals surface area contributed by atoms with Crippen LogP contribution in [0.15, 0.2) is 60.7 Å². The maximum absolute atomic E-state index is 12.5. The molecule has 1 amide bonds. The number of hydrogen-bond donors (Lipinski definition) is 0. The molecule has 1 heterocycles. The van der Waals surface area contributed by atoms with Gasteiger partial charge in [-0.25, -0.2) is 4.79 Å². The molecule has 0 saturated heterocycles. The Labute approximate surface area is 163 Å². The van der Waals surface area contributed by atoms with Crippen LogP contribution in [0.25, 0.3) is 5.69 Å². The number of amides is 1. The molecule has 3 rings (SSSR count). The smallest absolute Gasteiger partial charge is 0.361 e. The van der Waals surface area contributed by atoms with Gasteiger partial charge in [-0.2, -0.15) is 9.90 Å². The number of carbonyl (C=O) groups excluding carboxylic acids is 2. The first kappa shape index (κ1) is 19.3. The third-order valence-electron chi connectivity index (χ3n) is 4.23. The van der Waals surface area contributed by atoms with Crippen LogP contribution in [-0.4, -0.2) is 44.9 Å². The summed E-state index contributed by atoms with van der Waals surface area (Å²) in [5.41, 5.74) is 2.26. The van der Waals surface area contributed by atoms with Gasteiger partial charge in [-0.3, -0.25) is 4.79 Å². The number of benzene rings is 2. The Morgan fingerprint density at radius 2 is 1.64 bits per heavy atom.